The van der Waals surface area contributed by atoms with E-state index in [0.29, 0.717) is 5.92 Å². The Hall–Kier alpha value is -2.81. The summed E-state index contributed by atoms with van der Waals surface area (Å²) in [5, 5.41) is 9.65. The molecule has 0 aliphatic carbocycles. The van der Waals surface area contributed by atoms with E-state index >= 15 is 0 Å². The molecule has 156 valence electrons. The van der Waals surface area contributed by atoms with Gasteiger partial charge >= 0.3 is 0 Å². The number of aliphatic hydroxyl groups excluding tert-OH is 1. The SMILES string of the molecule is C=C(O)/C(=C/C)C(=O)/C=C(\C)c1cc(OC)c(C)cc1CC(C)/C(C)=C/C=C\C. The maximum Gasteiger partial charge on any atom is 0.189 e. The molecule has 1 aromatic rings. The van der Waals surface area contributed by atoms with Crippen LogP contribution in [0.1, 0.15) is 51.3 Å². The van der Waals surface area contributed by atoms with E-state index in [2.05, 4.69) is 38.6 Å². The molecule has 0 saturated heterocycles. The standard InChI is InChI=1S/C26H34O3/c1-9-11-12-17(3)18(4)13-22-14-20(6)26(29-8)16-24(22)19(5)15-25(28)23(10-2)21(7)27/h9-12,14-16,18,27H,7,13H2,1-6,8H3/b11-9-,17-12+,19-15+,23-10-. The zero-order chi connectivity index (χ0) is 22.1. The lowest BCUT2D eigenvalue weighted by Crippen LogP contribution is -2.06. The van der Waals surface area contributed by atoms with Crippen LogP contribution < -0.4 is 4.74 Å². The number of allylic oxidation sites excluding steroid dienone is 8. The highest BCUT2D eigenvalue weighted by Gasteiger charge is 2.16. The molecule has 0 spiro atoms. The van der Waals surface area contributed by atoms with Crippen LogP contribution in [0, 0.1) is 12.8 Å². The second-order valence-electron chi connectivity index (χ2n) is 7.36. The fraction of sp³-hybridized carbons (Fsp3) is 0.346. The Morgan fingerprint density at radius 1 is 1.28 bits per heavy atom. The van der Waals surface area contributed by atoms with E-state index in [9.17, 15) is 9.90 Å². The first-order chi connectivity index (χ1) is 13.7. The van der Waals surface area contributed by atoms with E-state index in [1.54, 1.807) is 26.2 Å². The number of hydrogen-bond acceptors (Lipinski definition) is 3. The second-order valence-corrected chi connectivity index (χ2v) is 7.36. The van der Waals surface area contributed by atoms with Gasteiger partial charge in [-0.25, -0.2) is 0 Å². The molecule has 0 saturated carbocycles. The number of ketones is 1. The average Bonchev–Trinajstić information content (AvgIpc) is 2.66. The Morgan fingerprint density at radius 2 is 1.93 bits per heavy atom. The summed E-state index contributed by atoms with van der Waals surface area (Å²) in [6.07, 6.45) is 10.2. The molecule has 0 aliphatic heterocycles. The summed E-state index contributed by atoms with van der Waals surface area (Å²) >= 11 is 0. The summed E-state index contributed by atoms with van der Waals surface area (Å²) in [7, 11) is 1.65. The molecule has 1 rings (SSSR count). The molecule has 0 fully saturated rings. The van der Waals surface area contributed by atoms with E-state index in [4.69, 9.17) is 4.74 Å². The third kappa shape index (κ3) is 6.63. The van der Waals surface area contributed by atoms with Gasteiger partial charge in [0, 0.05) is 0 Å². The van der Waals surface area contributed by atoms with Crippen LogP contribution in [0.15, 0.2) is 66.0 Å². The van der Waals surface area contributed by atoms with Crippen molar-refractivity contribution >= 4 is 11.4 Å². The third-order valence-electron chi connectivity index (χ3n) is 5.11. The molecule has 29 heavy (non-hydrogen) atoms. The number of benzene rings is 1. The van der Waals surface area contributed by atoms with E-state index in [0.717, 1.165) is 34.4 Å². The lowest BCUT2D eigenvalue weighted by Gasteiger charge is -2.18. The Morgan fingerprint density at radius 3 is 2.45 bits per heavy atom. The van der Waals surface area contributed by atoms with Crippen molar-refractivity contribution in [1.82, 2.24) is 0 Å². The fourth-order valence-electron chi connectivity index (χ4n) is 3.21. The molecule has 1 aromatic carbocycles. The molecule has 0 aliphatic rings. The molecule has 0 radical (unpaired) electrons. The second kappa shape index (κ2) is 11.3. The lowest BCUT2D eigenvalue weighted by molar-refractivity contribution is -0.111. The lowest BCUT2D eigenvalue weighted by atomic mass is 9.88. The molecule has 3 heteroatoms. The fourth-order valence-corrected chi connectivity index (χ4v) is 3.21. The Labute approximate surface area is 175 Å². The molecule has 1 unspecified atom stereocenters. The summed E-state index contributed by atoms with van der Waals surface area (Å²) in [5.74, 6) is 0.655. The number of ether oxygens (including phenoxy) is 1. The van der Waals surface area contributed by atoms with Crippen LogP contribution in [0.2, 0.25) is 0 Å². The van der Waals surface area contributed by atoms with Gasteiger partial charge in [-0.3, -0.25) is 4.79 Å². The molecule has 0 bridgehead atoms. The van der Waals surface area contributed by atoms with Crippen LogP contribution in [0.5, 0.6) is 5.75 Å². The Bertz CT molecular complexity index is 879. The van der Waals surface area contributed by atoms with Gasteiger partial charge in [-0.15, -0.1) is 0 Å². The monoisotopic (exact) mass is 394 g/mol. The minimum absolute atomic E-state index is 0.212. The maximum atomic E-state index is 12.6. The van der Waals surface area contributed by atoms with Crippen molar-refractivity contribution in [2.45, 2.75) is 48.0 Å². The summed E-state index contributed by atoms with van der Waals surface area (Å²) in [6.45, 7) is 15.5. The van der Waals surface area contributed by atoms with Crippen LogP contribution in [-0.2, 0) is 11.2 Å². The highest BCUT2D eigenvalue weighted by Crippen LogP contribution is 2.31. The molecule has 0 aromatic heterocycles. The van der Waals surface area contributed by atoms with E-state index in [-0.39, 0.29) is 17.1 Å². The summed E-state index contributed by atoms with van der Waals surface area (Å²) < 4.78 is 5.51. The molecule has 0 heterocycles. The first kappa shape index (κ1) is 24.2. The van der Waals surface area contributed by atoms with Gasteiger partial charge in [-0.1, -0.05) is 49.4 Å². The minimum atomic E-state index is -0.264. The van der Waals surface area contributed by atoms with Crippen molar-refractivity contribution in [3.63, 3.8) is 0 Å². The number of carbonyl (C=O) groups excluding carboxylic acids is 1. The smallest absolute Gasteiger partial charge is 0.189 e. The maximum absolute atomic E-state index is 12.6. The number of rotatable bonds is 9. The van der Waals surface area contributed by atoms with Crippen molar-refractivity contribution in [2.24, 2.45) is 5.92 Å². The number of methoxy groups -OCH3 is 1. The zero-order valence-corrected chi connectivity index (χ0v) is 18.8. The highest BCUT2D eigenvalue weighted by atomic mass is 16.5. The quantitative estimate of drug-likeness (QED) is 0.288. The van der Waals surface area contributed by atoms with Crippen LogP contribution in [0.4, 0.5) is 0 Å². The van der Waals surface area contributed by atoms with Crippen molar-refractivity contribution in [3.05, 3.63) is 82.7 Å². The third-order valence-corrected chi connectivity index (χ3v) is 5.11. The number of aliphatic hydroxyl groups is 1. The molecule has 3 nitrogen and oxygen atoms in total. The van der Waals surface area contributed by atoms with Crippen molar-refractivity contribution < 1.29 is 14.6 Å². The number of carbonyl (C=O) groups is 1. The Kier molecular flexibility index (Phi) is 9.40. The van der Waals surface area contributed by atoms with Crippen molar-refractivity contribution in [2.75, 3.05) is 7.11 Å². The highest BCUT2D eigenvalue weighted by molar-refractivity contribution is 6.10. The normalized spacial score (nSPS) is 14.2. The summed E-state index contributed by atoms with van der Waals surface area (Å²) in [5.41, 5.74) is 5.54. The first-order valence-electron chi connectivity index (χ1n) is 9.90. The topological polar surface area (TPSA) is 46.5 Å². The van der Waals surface area contributed by atoms with Gasteiger partial charge in [0.05, 0.1) is 12.7 Å². The molecule has 1 N–H and O–H groups in total. The van der Waals surface area contributed by atoms with Crippen LogP contribution >= 0.6 is 0 Å². The summed E-state index contributed by atoms with van der Waals surface area (Å²) in [6, 6.07) is 4.13. The number of hydrogen-bond donors (Lipinski definition) is 1. The largest absolute Gasteiger partial charge is 0.508 e. The molecule has 0 amide bonds. The van der Waals surface area contributed by atoms with Gasteiger partial charge < -0.3 is 9.84 Å². The van der Waals surface area contributed by atoms with Gasteiger partial charge in [0.1, 0.15) is 11.5 Å². The van der Waals surface area contributed by atoms with Crippen LogP contribution in [-0.4, -0.2) is 18.0 Å². The van der Waals surface area contributed by atoms with Crippen molar-refractivity contribution in [3.8, 4) is 5.75 Å². The van der Waals surface area contributed by atoms with Crippen LogP contribution in [0.25, 0.3) is 5.57 Å². The first-order valence-corrected chi connectivity index (χ1v) is 9.90. The Balaban J connectivity index is 3.42. The van der Waals surface area contributed by atoms with Gasteiger partial charge in [0.15, 0.2) is 5.78 Å². The van der Waals surface area contributed by atoms with Gasteiger partial charge in [0.25, 0.3) is 0 Å². The average molecular weight is 395 g/mol. The predicted molar refractivity (Wildman–Crippen MR) is 123 cm³/mol. The van der Waals surface area contributed by atoms with Crippen LogP contribution in [0.3, 0.4) is 0 Å². The van der Waals surface area contributed by atoms with Crippen molar-refractivity contribution in [1.29, 1.82) is 0 Å². The summed E-state index contributed by atoms with van der Waals surface area (Å²) in [4.78, 5) is 12.6. The van der Waals surface area contributed by atoms with Gasteiger partial charge in [-0.05, 0) is 81.4 Å². The van der Waals surface area contributed by atoms with E-state index in [1.165, 1.54) is 5.57 Å². The minimum Gasteiger partial charge on any atom is -0.508 e. The van der Waals surface area contributed by atoms with Gasteiger partial charge in [0.2, 0.25) is 0 Å². The van der Waals surface area contributed by atoms with E-state index < -0.39 is 0 Å². The predicted octanol–water partition coefficient (Wildman–Crippen LogP) is 6.70. The molecular formula is C26H34O3. The molecular weight excluding hydrogens is 360 g/mol. The number of aryl methyl sites for hydroxylation is 1. The van der Waals surface area contributed by atoms with E-state index in [1.807, 2.05) is 32.9 Å². The van der Waals surface area contributed by atoms with Gasteiger partial charge in [-0.2, -0.15) is 0 Å². The zero-order valence-electron chi connectivity index (χ0n) is 18.8. The molecule has 1 atom stereocenters.